The third-order valence-electron chi connectivity index (χ3n) is 3.85. The predicted octanol–water partition coefficient (Wildman–Crippen LogP) is 0.138. The molecule has 0 spiro atoms. The van der Waals surface area contributed by atoms with Crippen LogP contribution in [-0.2, 0) is 23.9 Å². The number of carbonyl (C=O) groups is 3. The molecule has 1 rings (SSSR count). The summed E-state index contributed by atoms with van der Waals surface area (Å²) in [5.74, 6) is 0.725. The van der Waals surface area contributed by atoms with E-state index >= 15 is 0 Å². The van der Waals surface area contributed by atoms with Gasteiger partial charge in [0.05, 0.1) is 45.6 Å². The number of Topliss-reactive ketones (excluding diaryl/α,β-unsaturated/α-hetero) is 1. The van der Waals surface area contributed by atoms with E-state index in [1.165, 1.54) is 11.8 Å². The number of ketones is 1. The number of hydrogen-bond acceptors (Lipinski definition) is 8. The molecule has 1 atom stereocenters. The van der Waals surface area contributed by atoms with Gasteiger partial charge in [-0.05, 0) is 12.8 Å². The number of carbonyl (C=O) groups excluding carboxylic acids is 3. The second-order valence-corrected chi connectivity index (χ2v) is 8.18. The number of hydrogen-bond donors (Lipinski definition) is 4. The molecule has 33 heavy (non-hydrogen) atoms. The third kappa shape index (κ3) is 18.0. The summed E-state index contributed by atoms with van der Waals surface area (Å²) in [4.78, 5) is 40.5. The van der Waals surface area contributed by atoms with Gasteiger partial charge in [0.25, 0.3) is 0 Å². The molecule has 0 aromatic heterocycles. The van der Waals surface area contributed by atoms with E-state index in [1.54, 1.807) is 5.54 Å². The maximum atomic E-state index is 13.1. The number of nitrogens with one attached hydrogen (secondary N) is 3. The van der Waals surface area contributed by atoms with Gasteiger partial charge in [0.2, 0.25) is 11.8 Å². The van der Waals surface area contributed by atoms with Crippen molar-refractivity contribution < 1.29 is 33.4 Å². The van der Waals surface area contributed by atoms with Gasteiger partial charge >= 0.3 is 0 Å². The van der Waals surface area contributed by atoms with Crippen LogP contribution in [0.5, 0.6) is 0 Å². The Kier molecular flexibility index (Phi) is 18.1. The molecule has 1 saturated heterocycles. The molecule has 12 heteroatoms. The number of halogens is 1. The maximum Gasteiger partial charge on any atom is 0.238 e. The Morgan fingerprint density at radius 2 is 1.85 bits per heavy atom. The second kappa shape index (κ2) is 19.3. The van der Waals surface area contributed by atoms with Crippen LogP contribution in [0.25, 0.3) is 0 Å². The van der Waals surface area contributed by atoms with Gasteiger partial charge in [0.1, 0.15) is 11.6 Å². The molecule has 1 unspecified atom stereocenters. The van der Waals surface area contributed by atoms with Gasteiger partial charge < -0.3 is 19.5 Å². The van der Waals surface area contributed by atoms with Gasteiger partial charge in [0, 0.05) is 32.4 Å². The summed E-state index contributed by atoms with van der Waals surface area (Å²) in [7, 11) is 0. The fourth-order valence-electron chi connectivity index (χ4n) is 2.48. The summed E-state index contributed by atoms with van der Waals surface area (Å²) in [5, 5.41) is 8.60. The molecular weight excluding hydrogens is 437 g/mol. The van der Waals surface area contributed by atoms with Crippen molar-refractivity contribution in [1.82, 2.24) is 21.3 Å². The third-order valence-corrected chi connectivity index (χ3v) is 3.85. The van der Waals surface area contributed by atoms with E-state index in [0.717, 1.165) is 5.92 Å². The van der Waals surface area contributed by atoms with Gasteiger partial charge in [-0.25, -0.2) is 0 Å². The van der Waals surface area contributed by atoms with Gasteiger partial charge in [-0.3, -0.25) is 30.2 Å². The lowest BCUT2D eigenvalue weighted by molar-refractivity contribution is -0.135. The van der Waals surface area contributed by atoms with Crippen molar-refractivity contribution >= 4 is 23.4 Å². The number of ether oxygens (including phenoxy) is 2. The molecule has 0 aromatic rings. The van der Waals surface area contributed by atoms with E-state index in [2.05, 4.69) is 36.6 Å². The minimum atomic E-state index is -0.808. The number of aliphatic hydroxyl groups is 1. The van der Waals surface area contributed by atoms with Crippen molar-refractivity contribution in [3.63, 3.8) is 0 Å². The van der Waals surface area contributed by atoms with Crippen LogP contribution in [0.2, 0.25) is 0 Å². The normalized spacial score (nSPS) is 15.4. The number of rotatable bonds is 15. The minimum Gasteiger partial charge on any atom is -0.394 e. The molecule has 0 aromatic carbocycles. The largest absolute Gasteiger partial charge is 0.394 e. The fraction of sp³-hybridized carbons (Fsp3) is 0.810. The van der Waals surface area contributed by atoms with Crippen LogP contribution in [0.3, 0.4) is 0 Å². The minimum absolute atomic E-state index is 0.0212. The molecule has 2 amide bonds. The summed E-state index contributed by atoms with van der Waals surface area (Å²) >= 11 is 0. The molecule has 1 aliphatic heterocycles. The highest BCUT2D eigenvalue weighted by molar-refractivity contribution is 5.92. The SMILES string of the molecule is CC(=O)CN(CC(COCCOCCO)NF)C(=O)CCN=C1CCC(=O)NN1.CC(C)C. The Morgan fingerprint density at radius 1 is 1.18 bits per heavy atom. The van der Waals surface area contributed by atoms with Crippen LogP contribution >= 0.6 is 0 Å². The topological polar surface area (TPSA) is 142 Å². The Bertz CT molecular complexity index is 591. The van der Waals surface area contributed by atoms with E-state index in [-0.39, 0.29) is 76.7 Å². The van der Waals surface area contributed by atoms with E-state index in [9.17, 15) is 18.9 Å². The summed E-state index contributed by atoms with van der Waals surface area (Å²) < 4.78 is 23.4. The van der Waals surface area contributed by atoms with Crippen LogP contribution in [-0.4, -0.2) is 92.2 Å². The first-order valence-electron chi connectivity index (χ1n) is 11.2. The molecule has 192 valence electrons. The zero-order chi connectivity index (χ0) is 25.1. The first-order chi connectivity index (χ1) is 15.7. The number of amidine groups is 1. The average Bonchev–Trinajstić information content (AvgIpc) is 2.75. The van der Waals surface area contributed by atoms with Crippen molar-refractivity contribution in [3.05, 3.63) is 0 Å². The maximum absolute atomic E-state index is 13.1. The number of nitrogens with zero attached hydrogens (tertiary/aromatic N) is 2. The van der Waals surface area contributed by atoms with Crippen molar-refractivity contribution in [3.8, 4) is 0 Å². The summed E-state index contributed by atoms with van der Waals surface area (Å²) in [6.45, 7) is 8.39. The first-order valence-corrected chi connectivity index (χ1v) is 11.2. The van der Waals surface area contributed by atoms with Crippen LogP contribution < -0.4 is 16.4 Å². The highest BCUT2D eigenvalue weighted by Gasteiger charge is 2.21. The van der Waals surface area contributed by atoms with Crippen LogP contribution in [0.4, 0.5) is 4.48 Å². The molecule has 1 aliphatic rings. The zero-order valence-electron chi connectivity index (χ0n) is 20.2. The molecule has 4 N–H and O–H groups in total. The Labute approximate surface area is 195 Å². The number of aliphatic hydroxyl groups excluding tert-OH is 1. The summed E-state index contributed by atoms with van der Waals surface area (Å²) in [6.07, 6.45) is 0.830. The molecule has 11 nitrogen and oxygen atoms in total. The molecule has 1 fully saturated rings. The lowest BCUT2D eigenvalue weighted by Gasteiger charge is -2.25. The zero-order valence-corrected chi connectivity index (χ0v) is 20.2. The number of aliphatic imine (C=N–C) groups is 1. The first kappa shape index (κ1) is 30.9. The summed E-state index contributed by atoms with van der Waals surface area (Å²) in [6, 6.07) is -0.808. The number of amides is 2. The Balaban J connectivity index is 0.00000235. The lowest BCUT2D eigenvalue weighted by Crippen LogP contribution is -2.47. The van der Waals surface area contributed by atoms with Crippen molar-refractivity contribution in [2.24, 2.45) is 10.9 Å². The van der Waals surface area contributed by atoms with Gasteiger partial charge in [-0.1, -0.05) is 20.8 Å². The van der Waals surface area contributed by atoms with Crippen LogP contribution in [0.1, 0.15) is 47.0 Å². The average molecular weight is 478 g/mol. The van der Waals surface area contributed by atoms with E-state index in [0.29, 0.717) is 18.7 Å². The predicted molar refractivity (Wildman–Crippen MR) is 122 cm³/mol. The Morgan fingerprint density at radius 3 is 2.39 bits per heavy atom. The van der Waals surface area contributed by atoms with Gasteiger partial charge in [-0.15, -0.1) is 4.48 Å². The molecule has 0 bridgehead atoms. The molecular formula is C21H40FN5O6. The second-order valence-electron chi connectivity index (χ2n) is 8.18. The lowest BCUT2D eigenvalue weighted by atomic mass is 10.2. The molecule has 0 saturated carbocycles. The van der Waals surface area contributed by atoms with Crippen LogP contribution in [0, 0.1) is 5.92 Å². The highest BCUT2D eigenvalue weighted by atomic mass is 19.2. The van der Waals surface area contributed by atoms with Gasteiger partial charge in [0.15, 0.2) is 0 Å². The Hall–Kier alpha value is -2.15. The fourth-order valence-corrected chi connectivity index (χ4v) is 2.48. The molecule has 1 heterocycles. The standard InChI is InChI=1S/C17H30FN5O6.C4H10/c1-13(25)10-23(11-14(20-18)12-29-9-8-28-7-6-24)17(27)4-5-19-15-2-3-16(26)22-21-15;1-4(2)3/h14,20,24H,2-12H2,1H3,(H,19,21)(H,22,26);4H,1-3H3. The van der Waals surface area contributed by atoms with Gasteiger partial charge in [-0.2, -0.15) is 5.54 Å². The van der Waals surface area contributed by atoms with Crippen molar-refractivity contribution in [1.29, 1.82) is 0 Å². The number of hydrazine groups is 1. The monoisotopic (exact) mass is 477 g/mol. The summed E-state index contributed by atoms with van der Waals surface area (Å²) in [5.41, 5.74) is 6.69. The quantitative estimate of drug-likeness (QED) is 0.193. The van der Waals surface area contributed by atoms with E-state index < -0.39 is 6.04 Å². The molecule has 0 aliphatic carbocycles. The highest BCUT2D eigenvalue weighted by Crippen LogP contribution is 2.02. The van der Waals surface area contributed by atoms with E-state index in [1.807, 2.05) is 0 Å². The van der Waals surface area contributed by atoms with Crippen LogP contribution in [0.15, 0.2) is 4.99 Å². The smallest absolute Gasteiger partial charge is 0.238 e. The van der Waals surface area contributed by atoms with Crippen molar-refractivity contribution in [2.45, 2.75) is 53.0 Å². The molecule has 0 radical (unpaired) electrons. The van der Waals surface area contributed by atoms with Crippen molar-refractivity contribution in [2.75, 3.05) is 52.7 Å². The van der Waals surface area contributed by atoms with E-state index in [4.69, 9.17) is 14.6 Å².